The van der Waals surface area contributed by atoms with Crippen LogP contribution >= 0.6 is 23.2 Å². The summed E-state index contributed by atoms with van der Waals surface area (Å²) in [5.74, 6) is -0.165. The molecule has 8 heteroatoms. The molecular formula is C25H24Cl2N2O4. The molecule has 1 atom stereocenters. The molecule has 2 aliphatic heterocycles. The molecule has 172 valence electrons. The van der Waals surface area contributed by atoms with Crippen LogP contribution in [-0.4, -0.2) is 55.1 Å². The van der Waals surface area contributed by atoms with E-state index >= 15 is 0 Å². The molecule has 0 spiro atoms. The summed E-state index contributed by atoms with van der Waals surface area (Å²) in [4.78, 5) is 31.1. The quantitative estimate of drug-likeness (QED) is 0.523. The second kappa shape index (κ2) is 9.11. The lowest BCUT2D eigenvalue weighted by Gasteiger charge is -2.29. The van der Waals surface area contributed by atoms with Gasteiger partial charge in [-0.05, 0) is 43.2 Å². The monoisotopic (exact) mass is 486 g/mol. The minimum atomic E-state index is -0.576. The second-order valence-corrected chi connectivity index (χ2v) is 9.37. The van der Waals surface area contributed by atoms with E-state index in [-0.39, 0.29) is 17.1 Å². The van der Waals surface area contributed by atoms with Gasteiger partial charge in [-0.25, -0.2) is 0 Å². The van der Waals surface area contributed by atoms with Crippen LogP contribution in [0.25, 0.3) is 11.0 Å². The molecule has 0 saturated carbocycles. The lowest BCUT2D eigenvalue weighted by Crippen LogP contribution is -2.38. The number of morpholine rings is 1. The summed E-state index contributed by atoms with van der Waals surface area (Å²) in [6, 6.07) is 10.1. The lowest BCUT2D eigenvalue weighted by molar-refractivity contribution is 0.0353. The summed E-state index contributed by atoms with van der Waals surface area (Å²) >= 11 is 12.5. The zero-order valence-corrected chi connectivity index (χ0v) is 19.8. The highest BCUT2D eigenvalue weighted by Gasteiger charge is 2.42. The summed E-state index contributed by atoms with van der Waals surface area (Å²) in [5, 5.41) is 1.27. The molecule has 0 radical (unpaired) electrons. The Hall–Kier alpha value is -2.38. The third kappa shape index (κ3) is 4.17. The number of hydrogen-bond donors (Lipinski definition) is 0. The second-order valence-electron chi connectivity index (χ2n) is 8.56. The summed E-state index contributed by atoms with van der Waals surface area (Å²) in [5.41, 5.74) is 2.29. The summed E-state index contributed by atoms with van der Waals surface area (Å²) in [7, 11) is 0. The molecule has 6 nitrogen and oxygen atoms in total. The van der Waals surface area contributed by atoms with Crippen LogP contribution in [0.1, 0.15) is 39.7 Å². The van der Waals surface area contributed by atoms with Gasteiger partial charge < -0.3 is 14.1 Å². The number of hydrogen-bond acceptors (Lipinski definition) is 5. The third-order valence-electron chi connectivity index (χ3n) is 6.36. The fourth-order valence-corrected chi connectivity index (χ4v) is 4.99. The van der Waals surface area contributed by atoms with E-state index in [0.717, 1.165) is 50.4 Å². The number of fused-ring (bicyclic) bond motifs is 2. The summed E-state index contributed by atoms with van der Waals surface area (Å²) in [6.07, 6.45) is 0.768. The van der Waals surface area contributed by atoms with Crippen LogP contribution in [0.15, 0.2) is 45.6 Å². The molecule has 1 amide bonds. The van der Waals surface area contributed by atoms with Gasteiger partial charge in [-0.1, -0.05) is 40.9 Å². The SMILES string of the molecule is Cc1ccc2oc3c(c(=O)c2c1)[C@H](c1ccc(Cl)c(Cl)c1)N(CCCN1CCOCC1)C3=O. The van der Waals surface area contributed by atoms with E-state index in [1.807, 2.05) is 19.1 Å². The number of rotatable bonds is 5. The number of ether oxygens (including phenoxy) is 1. The molecule has 3 aromatic rings. The molecule has 0 aliphatic carbocycles. The van der Waals surface area contributed by atoms with Crippen LogP contribution in [-0.2, 0) is 4.74 Å². The van der Waals surface area contributed by atoms with Crippen molar-refractivity contribution < 1.29 is 13.9 Å². The number of carbonyl (C=O) groups excluding carboxylic acids is 1. The average molecular weight is 487 g/mol. The molecule has 2 aromatic carbocycles. The van der Waals surface area contributed by atoms with E-state index in [2.05, 4.69) is 4.90 Å². The van der Waals surface area contributed by atoms with Gasteiger partial charge in [0.2, 0.25) is 5.76 Å². The maximum atomic E-state index is 13.6. The first-order chi connectivity index (χ1) is 15.9. The van der Waals surface area contributed by atoms with Gasteiger partial charge in [0, 0.05) is 26.2 Å². The van der Waals surface area contributed by atoms with Gasteiger partial charge in [-0.2, -0.15) is 0 Å². The minimum absolute atomic E-state index is 0.110. The van der Waals surface area contributed by atoms with Gasteiger partial charge in [0.25, 0.3) is 5.91 Å². The van der Waals surface area contributed by atoms with E-state index in [1.165, 1.54) is 0 Å². The molecule has 0 unspecified atom stereocenters. The Morgan fingerprint density at radius 2 is 1.79 bits per heavy atom. The van der Waals surface area contributed by atoms with Gasteiger partial charge in [-0.15, -0.1) is 0 Å². The average Bonchev–Trinajstić information content (AvgIpc) is 3.09. The Bertz CT molecular complexity index is 1280. The van der Waals surface area contributed by atoms with Crippen molar-refractivity contribution in [3.8, 4) is 0 Å². The van der Waals surface area contributed by atoms with Crippen LogP contribution in [0.5, 0.6) is 0 Å². The predicted molar refractivity (Wildman–Crippen MR) is 128 cm³/mol. The van der Waals surface area contributed by atoms with Crippen LogP contribution in [0, 0.1) is 6.92 Å². The highest BCUT2D eigenvalue weighted by Crippen LogP contribution is 2.39. The zero-order valence-electron chi connectivity index (χ0n) is 18.3. The highest BCUT2D eigenvalue weighted by atomic mass is 35.5. The van der Waals surface area contributed by atoms with Crippen molar-refractivity contribution in [1.82, 2.24) is 9.80 Å². The Morgan fingerprint density at radius 1 is 1.00 bits per heavy atom. The van der Waals surface area contributed by atoms with E-state index < -0.39 is 6.04 Å². The first-order valence-corrected chi connectivity index (χ1v) is 11.8. The Morgan fingerprint density at radius 3 is 2.55 bits per heavy atom. The first kappa shape index (κ1) is 22.4. The van der Waals surface area contributed by atoms with E-state index in [4.69, 9.17) is 32.4 Å². The van der Waals surface area contributed by atoms with Crippen LogP contribution in [0.2, 0.25) is 10.0 Å². The fourth-order valence-electron chi connectivity index (χ4n) is 4.68. The summed E-state index contributed by atoms with van der Waals surface area (Å²) < 4.78 is 11.4. The predicted octanol–water partition coefficient (Wildman–Crippen LogP) is 4.68. The van der Waals surface area contributed by atoms with Crippen molar-refractivity contribution in [2.45, 2.75) is 19.4 Å². The Labute approximate surface area is 201 Å². The molecule has 5 rings (SSSR count). The van der Waals surface area contributed by atoms with Crippen LogP contribution in [0.4, 0.5) is 0 Å². The molecule has 0 bridgehead atoms. The first-order valence-electron chi connectivity index (χ1n) is 11.1. The van der Waals surface area contributed by atoms with Crippen LogP contribution < -0.4 is 5.43 Å². The Kier molecular flexibility index (Phi) is 6.18. The molecule has 1 aromatic heterocycles. The third-order valence-corrected chi connectivity index (χ3v) is 7.10. The number of amides is 1. The number of carbonyl (C=O) groups is 1. The molecule has 0 N–H and O–H groups in total. The summed E-state index contributed by atoms with van der Waals surface area (Å²) in [6.45, 7) is 6.48. The van der Waals surface area contributed by atoms with Gasteiger partial charge in [-0.3, -0.25) is 14.5 Å². The number of nitrogens with zero attached hydrogens (tertiary/aromatic N) is 2. The van der Waals surface area contributed by atoms with Crippen molar-refractivity contribution >= 4 is 40.1 Å². The van der Waals surface area contributed by atoms with Crippen molar-refractivity contribution in [3.63, 3.8) is 0 Å². The molecule has 3 heterocycles. The molecular weight excluding hydrogens is 463 g/mol. The van der Waals surface area contributed by atoms with Gasteiger partial charge in [0.15, 0.2) is 5.43 Å². The number of aryl methyl sites for hydroxylation is 1. The molecule has 2 aliphatic rings. The fraction of sp³-hybridized carbons (Fsp3) is 0.360. The van der Waals surface area contributed by atoms with Crippen molar-refractivity contribution in [3.05, 3.63) is 79.1 Å². The van der Waals surface area contributed by atoms with Crippen molar-refractivity contribution in [1.29, 1.82) is 0 Å². The van der Waals surface area contributed by atoms with Gasteiger partial charge in [0.1, 0.15) is 5.58 Å². The molecule has 1 fully saturated rings. The van der Waals surface area contributed by atoms with Crippen LogP contribution in [0.3, 0.4) is 0 Å². The maximum Gasteiger partial charge on any atom is 0.290 e. The number of halogens is 2. The van der Waals surface area contributed by atoms with E-state index in [0.29, 0.717) is 33.1 Å². The van der Waals surface area contributed by atoms with E-state index in [1.54, 1.807) is 29.2 Å². The molecule has 1 saturated heterocycles. The van der Waals surface area contributed by atoms with E-state index in [9.17, 15) is 9.59 Å². The standard InChI is InChI=1S/C25H24Cl2N2O4/c1-15-3-6-20-17(13-15)23(30)21-22(16-4-5-18(26)19(27)14-16)29(25(31)24(21)33-20)8-2-7-28-9-11-32-12-10-28/h3-6,13-14,22H,2,7-12H2,1H3/t22-/m0/s1. The minimum Gasteiger partial charge on any atom is -0.450 e. The van der Waals surface area contributed by atoms with Gasteiger partial charge in [0.05, 0.1) is 40.3 Å². The normalized spacial score (nSPS) is 18.8. The Balaban J connectivity index is 1.56. The smallest absolute Gasteiger partial charge is 0.290 e. The zero-order chi connectivity index (χ0) is 23.1. The number of benzene rings is 2. The largest absolute Gasteiger partial charge is 0.450 e. The lowest BCUT2D eigenvalue weighted by atomic mass is 9.98. The van der Waals surface area contributed by atoms with Gasteiger partial charge >= 0.3 is 0 Å². The van der Waals surface area contributed by atoms with Crippen molar-refractivity contribution in [2.75, 3.05) is 39.4 Å². The van der Waals surface area contributed by atoms with Crippen molar-refractivity contribution in [2.24, 2.45) is 0 Å². The molecule has 33 heavy (non-hydrogen) atoms. The topological polar surface area (TPSA) is 63.0 Å². The highest BCUT2D eigenvalue weighted by molar-refractivity contribution is 6.42. The maximum absolute atomic E-state index is 13.6.